The summed E-state index contributed by atoms with van der Waals surface area (Å²) in [5, 5.41) is 3.63. The van der Waals surface area contributed by atoms with Crippen LogP contribution in [0.4, 0.5) is 0 Å². The van der Waals surface area contributed by atoms with Crippen molar-refractivity contribution in [1.82, 2.24) is 5.32 Å². The van der Waals surface area contributed by atoms with Crippen molar-refractivity contribution in [3.05, 3.63) is 60.2 Å². The molecule has 1 saturated carbocycles. The molecular formula is C19H23NS. The standard InChI is InChI=1S/C19H23NS/c1-21-19(12-5-13-19)15-20-14-16-8-10-18(11-9-16)17-6-3-2-4-7-17/h2-4,6-11,20H,5,12-15H2,1H3. The van der Waals surface area contributed by atoms with Crippen LogP contribution >= 0.6 is 11.8 Å². The van der Waals surface area contributed by atoms with E-state index >= 15 is 0 Å². The molecule has 0 aliphatic heterocycles. The first-order valence-electron chi connectivity index (χ1n) is 7.72. The molecule has 0 amide bonds. The predicted molar refractivity (Wildman–Crippen MR) is 93.7 cm³/mol. The Morgan fingerprint density at radius 2 is 1.62 bits per heavy atom. The molecule has 1 aliphatic carbocycles. The number of thioether (sulfide) groups is 1. The number of hydrogen-bond acceptors (Lipinski definition) is 2. The highest BCUT2D eigenvalue weighted by Gasteiger charge is 2.35. The van der Waals surface area contributed by atoms with Crippen LogP contribution in [0, 0.1) is 0 Å². The predicted octanol–water partition coefficient (Wildman–Crippen LogP) is 4.73. The molecule has 1 fully saturated rings. The van der Waals surface area contributed by atoms with Crippen LogP contribution in [-0.4, -0.2) is 17.5 Å². The van der Waals surface area contributed by atoms with Gasteiger partial charge in [-0.25, -0.2) is 0 Å². The van der Waals surface area contributed by atoms with E-state index in [1.54, 1.807) is 0 Å². The zero-order valence-electron chi connectivity index (χ0n) is 12.6. The Morgan fingerprint density at radius 3 is 2.19 bits per heavy atom. The van der Waals surface area contributed by atoms with Gasteiger partial charge in [-0.05, 0) is 35.8 Å². The van der Waals surface area contributed by atoms with Crippen LogP contribution in [-0.2, 0) is 6.54 Å². The van der Waals surface area contributed by atoms with Gasteiger partial charge in [-0.15, -0.1) is 0 Å². The van der Waals surface area contributed by atoms with E-state index in [1.807, 2.05) is 11.8 Å². The largest absolute Gasteiger partial charge is 0.311 e. The van der Waals surface area contributed by atoms with Gasteiger partial charge in [0.25, 0.3) is 0 Å². The molecule has 0 unspecified atom stereocenters. The highest BCUT2D eigenvalue weighted by molar-refractivity contribution is 8.00. The topological polar surface area (TPSA) is 12.0 Å². The van der Waals surface area contributed by atoms with Crippen molar-refractivity contribution in [2.24, 2.45) is 0 Å². The lowest BCUT2D eigenvalue weighted by molar-refractivity contribution is 0.345. The monoisotopic (exact) mass is 297 g/mol. The van der Waals surface area contributed by atoms with Crippen LogP contribution in [0.2, 0.25) is 0 Å². The quantitative estimate of drug-likeness (QED) is 0.827. The van der Waals surface area contributed by atoms with Crippen LogP contribution < -0.4 is 5.32 Å². The van der Waals surface area contributed by atoms with Gasteiger partial charge in [0, 0.05) is 17.8 Å². The average Bonchev–Trinajstić information content (AvgIpc) is 2.51. The molecule has 0 saturated heterocycles. The summed E-state index contributed by atoms with van der Waals surface area (Å²) in [4.78, 5) is 0. The van der Waals surface area contributed by atoms with Gasteiger partial charge in [0.15, 0.2) is 0 Å². The first-order chi connectivity index (χ1) is 10.3. The first kappa shape index (κ1) is 14.7. The van der Waals surface area contributed by atoms with Crippen LogP contribution in [0.3, 0.4) is 0 Å². The number of hydrogen-bond donors (Lipinski definition) is 1. The fourth-order valence-electron chi connectivity index (χ4n) is 2.90. The van der Waals surface area contributed by atoms with Gasteiger partial charge in [0.1, 0.15) is 0 Å². The molecule has 2 aromatic rings. The highest BCUT2D eigenvalue weighted by Crippen LogP contribution is 2.42. The summed E-state index contributed by atoms with van der Waals surface area (Å²) in [6.45, 7) is 2.10. The van der Waals surface area contributed by atoms with E-state index in [4.69, 9.17) is 0 Å². The van der Waals surface area contributed by atoms with E-state index in [0.29, 0.717) is 4.75 Å². The molecule has 2 aromatic carbocycles. The summed E-state index contributed by atoms with van der Waals surface area (Å²) < 4.78 is 0.518. The average molecular weight is 297 g/mol. The first-order valence-corrected chi connectivity index (χ1v) is 8.94. The smallest absolute Gasteiger partial charge is 0.0281 e. The van der Waals surface area contributed by atoms with Gasteiger partial charge in [-0.3, -0.25) is 0 Å². The molecule has 0 spiro atoms. The van der Waals surface area contributed by atoms with Crippen molar-refractivity contribution in [3.63, 3.8) is 0 Å². The van der Waals surface area contributed by atoms with Gasteiger partial charge in [-0.2, -0.15) is 11.8 Å². The summed E-state index contributed by atoms with van der Waals surface area (Å²) in [5.41, 5.74) is 3.94. The van der Waals surface area contributed by atoms with E-state index in [2.05, 4.69) is 66.2 Å². The molecule has 0 bridgehead atoms. The van der Waals surface area contributed by atoms with E-state index in [1.165, 1.54) is 36.0 Å². The second-order valence-corrected chi connectivity index (χ2v) is 7.18. The van der Waals surface area contributed by atoms with E-state index in [0.717, 1.165) is 13.1 Å². The van der Waals surface area contributed by atoms with Crippen LogP contribution in [0.5, 0.6) is 0 Å². The summed E-state index contributed by atoms with van der Waals surface area (Å²) in [7, 11) is 0. The van der Waals surface area contributed by atoms with Crippen LogP contribution in [0.15, 0.2) is 54.6 Å². The summed E-state index contributed by atoms with van der Waals surface area (Å²) >= 11 is 2.03. The van der Waals surface area contributed by atoms with Gasteiger partial charge in [-0.1, -0.05) is 61.0 Å². The van der Waals surface area contributed by atoms with Crippen molar-refractivity contribution in [2.45, 2.75) is 30.6 Å². The number of nitrogens with one attached hydrogen (secondary N) is 1. The summed E-state index contributed by atoms with van der Waals surface area (Å²) in [6, 6.07) is 19.5. The zero-order valence-corrected chi connectivity index (χ0v) is 13.5. The minimum atomic E-state index is 0.518. The third kappa shape index (κ3) is 3.50. The zero-order chi connectivity index (χ0) is 14.5. The van der Waals surface area contributed by atoms with Crippen molar-refractivity contribution in [3.8, 4) is 11.1 Å². The van der Waals surface area contributed by atoms with Crippen molar-refractivity contribution in [2.75, 3.05) is 12.8 Å². The normalized spacial score (nSPS) is 16.4. The maximum Gasteiger partial charge on any atom is 0.0281 e. The minimum Gasteiger partial charge on any atom is -0.311 e. The molecule has 0 atom stereocenters. The van der Waals surface area contributed by atoms with Crippen molar-refractivity contribution < 1.29 is 0 Å². The van der Waals surface area contributed by atoms with E-state index in [9.17, 15) is 0 Å². The Morgan fingerprint density at radius 1 is 0.952 bits per heavy atom. The second-order valence-electron chi connectivity index (χ2n) is 5.91. The van der Waals surface area contributed by atoms with E-state index in [-0.39, 0.29) is 0 Å². The maximum absolute atomic E-state index is 3.63. The molecule has 21 heavy (non-hydrogen) atoms. The second kappa shape index (κ2) is 6.67. The highest BCUT2D eigenvalue weighted by atomic mass is 32.2. The number of rotatable bonds is 6. The molecule has 110 valence electrons. The molecule has 2 heteroatoms. The Balaban J connectivity index is 1.55. The Labute approximate surface area is 132 Å². The Hall–Kier alpha value is -1.25. The lowest BCUT2D eigenvalue weighted by Crippen LogP contribution is -2.43. The van der Waals surface area contributed by atoms with Gasteiger partial charge < -0.3 is 5.32 Å². The van der Waals surface area contributed by atoms with Gasteiger partial charge in [0.2, 0.25) is 0 Å². The van der Waals surface area contributed by atoms with Gasteiger partial charge >= 0.3 is 0 Å². The molecule has 0 heterocycles. The molecule has 3 rings (SSSR count). The fraction of sp³-hybridized carbons (Fsp3) is 0.368. The Kier molecular flexibility index (Phi) is 4.67. The van der Waals surface area contributed by atoms with Crippen molar-refractivity contribution in [1.29, 1.82) is 0 Å². The van der Waals surface area contributed by atoms with Crippen molar-refractivity contribution >= 4 is 11.8 Å². The molecule has 0 aromatic heterocycles. The molecule has 1 aliphatic rings. The molecule has 1 nitrogen and oxygen atoms in total. The minimum absolute atomic E-state index is 0.518. The van der Waals surface area contributed by atoms with Crippen LogP contribution in [0.1, 0.15) is 24.8 Å². The lowest BCUT2D eigenvalue weighted by Gasteiger charge is -2.40. The van der Waals surface area contributed by atoms with Crippen LogP contribution in [0.25, 0.3) is 11.1 Å². The molecule has 0 radical (unpaired) electrons. The summed E-state index contributed by atoms with van der Waals surface area (Å²) in [5.74, 6) is 0. The van der Waals surface area contributed by atoms with Gasteiger partial charge in [0.05, 0.1) is 0 Å². The summed E-state index contributed by atoms with van der Waals surface area (Å²) in [6.07, 6.45) is 6.38. The fourth-order valence-corrected chi connectivity index (χ4v) is 3.85. The number of benzene rings is 2. The molecule has 1 N–H and O–H groups in total. The third-order valence-electron chi connectivity index (χ3n) is 4.54. The SMILES string of the molecule is CSC1(CNCc2ccc(-c3ccccc3)cc2)CCC1. The lowest BCUT2D eigenvalue weighted by atomic mass is 9.84. The maximum atomic E-state index is 3.63. The Bertz CT molecular complexity index is 552. The molecular weight excluding hydrogens is 274 g/mol. The third-order valence-corrected chi connectivity index (χ3v) is 5.95. The van der Waals surface area contributed by atoms with E-state index < -0.39 is 0 Å².